The first-order valence-corrected chi connectivity index (χ1v) is 9.05. The molecule has 0 aliphatic carbocycles. The highest BCUT2D eigenvalue weighted by atomic mass is 28.3. The summed E-state index contributed by atoms with van der Waals surface area (Å²) >= 11 is 0. The van der Waals surface area contributed by atoms with Gasteiger partial charge in [0.2, 0.25) is 0 Å². The molecule has 3 unspecified atom stereocenters. The van der Waals surface area contributed by atoms with E-state index in [4.69, 9.17) is 8.85 Å². The van der Waals surface area contributed by atoms with E-state index in [0.29, 0.717) is 19.4 Å². The SMILES string of the molecule is CCO[SiH](C)OC(CCC(C)N=O)CCC(C)N=O. The Kier molecular flexibility index (Phi) is 10.8. The van der Waals surface area contributed by atoms with E-state index in [0.717, 1.165) is 12.8 Å². The maximum absolute atomic E-state index is 10.4. The first-order valence-electron chi connectivity index (χ1n) is 6.95. The second-order valence-corrected chi connectivity index (χ2v) is 6.59. The molecule has 0 saturated carbocycles. The van der Waals surface area contributed by atoms with Crippen molar-refractivity contribution < 1.29 is 8.85 Å². The van der Waals surface area contributed by atoms with E-state index < -0.39 is 9.28 Å². The second-order valence-electron chi connectivity index (χ2n) is 4.84. The lowest BCUT2D eigenvalue weighted by atomic mass is 10.0. The Morgan fingerprint density at radius 3 is 1.84 bits per heavy atom. The van der Waals surface area contributed by atoms with Gasteiger partial charge >= 0.3 is 9.28 Å². The highest BCUT2D eigenvalue weighted by Gasteiger charge is 2.17. The second kappa shape index (κ2) is 11.2. The van der Waals surface area contributed by atoms with Crippen LogP contribution in [0, 0.1) is 9.81 Å². The van der Waals surface area contributed by atoms with Crippen molar-refractivity contribution in [3.8, 4) is 0 Å². The van der Waals surface area contributed by atoms with Crippen molar-refractivity contribution in [1.82, 2.24) is 0 Å². The molecule has 0 aliphatic heterocycles. The molecule has 0 aromatic carbocycles. The molecular weight excluding hydrogens is 264 g/mol. The predicted octanol–water partition coefficient (Wildman–Crippen LogP) is 3.13. The van der Waals surface area contributed by atoms with E-state index >= 15 is 0 Å². The Morgan fingerprint density at radius 1 is 1.00 bits per heavy atom. The monoisotopic (exact) mass is 290 g/mol. The molecule has 3 atom stereocenters. The van der Waals surface area contributed by atoms with Crippen molar-refractivity contribution in [1.29, 1.82) is 0 Å². The molecule has 0 rings (SSSR count). The normalized spacial score (nSPS) is 17.5. The lowest BCUT2D eigenvalue weighted by Crippen LogP contribution is -2.27. The van der Waals surface area contributed by atoms with Crippen molar-refractivity contribution in [2.24, 2.45) is 10.4 Å². The molecule has 0 heterocycles. The van der Waals surface area contributed by atoms with Gasteiger partial charge in [0.15, 0.2) is 0 Å². The summed E-state index contributed by atoms with van der Waals surface area (Å²) in [6.07, 6.45) is 2.96. The summed E-state index contributed by atoms with van der Waals surface area (Å²) < 4.78 is 11.4. The average Bonchev–Trinajstić information content (AvgIpc) is 2.41. The molecule has 0 fully saturated rings. The molecule has 0 amide bonds. The lowest BCUT2D eigenvalue weighted by molar-refractivity contribution is 0.122. The van der Waals surface area contributed by atoms with E-state index in [9.17, 15) is 9.81 Å². The number of nitroso groups, excluding NO2 is 2. The van der Waals surface area contributed by atoms with Crippen LogP contribution in [0.25, 0.3) is 0 Å². The van der Waals surface area contributed by atoms with E-state index in [1.54, 1.807) is 13.8 Å². The number of hydrogen-bond acceptors (Lipinski definition) is 6. The predicted molar refractivity (Wildman–Crippen MR) is 78.5 cm³/mol. The van der Waals surface area contributed by atoms with Gasteiger partial charge in [0.05, 0.1) is 12.1 Å². The highest BCUT2D eigenvalue weighted by molar-refractivity contribution is 6.42. The Balaban J connectivity index is 4.20. The fourth-order valence-corrected chi connectivity index (χ4v) is 3.15. The lowest BCUT2D eigenvalue weighted by Gasteiger charge is -2.22. The summed E-state index contributed by atoms with van der Waals surface area (Å²) in [5.41, 5.74) is 0. The number of rotatable bonds is 12. The molecule has 0 N–H and O–H groups in total. The van der Waals surface area contributed by atoms with Crippen molar-refractivity contribution in [2.45, 2.75) is 71.2 Å². The molecule has 0 spiro atoms. The Morgan fingerprint density at radius 2 is 1.47 bits per heavy atom. The molecule has 19 heavy (non-hydrogen) atoms. The van der Waals surface area contributed by atoms with Crippen LogP contribution in [0.5, 0.6) is 0 Å². The Bertz CT molecular complexity index is 238. The van der Waals surface area contributed by atoms with Gasteiger partial charge in [0.1, 0.15) is 0 Å². The quantitative estimate of drug-likeness (QED) is 0.408. The van der Waals surface area contributed by atoms with E-state index in [-0.39, 0.29) is 18.2 Å². The number of nitrogens with zero attached hydrogens (tertiary/aromatic N) is 2. The van der Waals surface area contributed by atoms with Crippen LogP contribution in [-0.4, -0.2) is 34.1 Å². The Labute approximate surface area is 117 Å². The maximum atomic E-state index is 10.4. The van der Waals surface area contributed by atoms with Crippen LogP contribution in [0.4, 0.5) is 0 Å². The standard InChI is InChI=1S/C12H26N2O4Si/c1-5-17-19(4)18-12(8-6-10(2)13-15)9-7-11(3)14-16/h10-12,19H,5-9H2,1-4H3. The minimum absolute atomic E-state index is 0.0293. The van der Waals surface area contributed by atoms with Gasteiger partial charge < -0.3 is 8.85 Å². The summed E-state index contributed by atoms with van der Waals surface area (Å²) in [4.78, 5) is 20.8. The summed E-state index contributed by atoms with van der Waals surface area (Å²) in [6, 6.07) is -0.395. The zero-order chi connectivity index (χ0) is 14.7. The molecule has 0 saturated heterocycles. The summed E-state index contributed by atoms with van der Waals surface area (Å²) in [7, 11) is -1.62. The fourth-order valence-electron chi connectivity index (χ4n) is 1.79. The van der Waals surface area contributed by atoms with Gasteiger partial charge in [0, 0.05) is 12.7 Å². The molecular formula is C12H26N2O4Si. The van der Waals surface area contributed by atoms with E-state index in [2.05, 4.69) is 10.4 Å². The molecule has 112 valence electrons. The summed E-state index contributed by atoms with van der Waals surface area (Å²) in [5, 5.41) is 5.99. The first-order chi connectivity index (χ1) is 9.03. The topological polar surface area (TPSA) is 77.3 Å². The van der Waals surface area contributed by atoms with Gasteiger partial charge in [-0.3, -0.25) is 0 Å². The van der Waals surface area contributed by atoms with Crippen LogP contribution in [0.1, 0.15) is 46.5 Å². The Hall–Kier alpha value is -0.663. The van der Waals surface area contributed by atoms with Crippen LogP contribution in [0.2, 0.25) is 6.55 Å². The maximum Gasteiger partial charge on any atom is 0.318 e. The third-order valence-corrected chi connectivity index (χ3v) is 4.53. The van der Waals surface area contributed by atoms with Gasteiger partial charge in [0.25, 0.3) is 0 Å². The fraction of sp³-hybridized carbons (Fsp3) is 1.00. The van der Waals surface area contributed by atoms with Gasteiger partial charge in [-0.05, 0) is 53.0 Å². The van der Waals surface area contributed by atoms with Gasteiger partial charge in [-0.2, -0.15) is 9.81 Å². The van der Waals surface area contributed by atoms with Crippen LogP contribution in [0.15, 0.2) is 10.4 Å². The van der Waals surface area contributed by atoms with Crippen molar-refractivity contribution >= 4 is 9.28 Å². The van der Waals surface area contributed by atoms with Gasteiger partial charge in [-0.15, -0.1) is 0 Å². The van der Waals surface area contributed by atoms with Crippen LogP contribution < -0.4 is 0 Å². The minimum Gasteiger partial charge on any atom is -0.397 e. The zero-order valence-corrected chi connectivity index (χ0v) is 13.5. The molecule has 0 aliphatic rings. The van der Waals surface area contributed by atoms with Gasteiger partial charge in [-0.25, -0.2) is 0 Å². The van der Waals surface area contributed by atoms with Crippen LogP contribution >= 0.6 is 0 Å². The highest BCUT2D eigenvalue weighted by Crippen LogP contribution is 2.16. The third kappa shape index (κ3) is 9.86. The van der Waals surface area contributed by atoms with Crippen LogP contribution in [-0.2, 0) is 8.85 Å². The smallest absolute Gasteiger partial charge is 0.318 e. The largest absolute Gasteiger partial charge is 0.397 e. The van der Waals surface area contributed by atoms with Gasteiger partial charge in [-0.1, -0.05) is 10.4 Å². The number of hydrogen-bond donors (Lipinski definition) is 0. The minimum atomic E-state index is -1.62. The molecule has 7 heteroatoms. The molecule has 0 bridgehead atoms. The summed E-state index contributed by atoms with van der Waals surface area (Å²) in [6.45, 7) is 8.17. The molecule has 0 aromatic heterocycles. The zero-order valence-electron chi connectivity index (χ0n) is 12.4. The average molecular weight is 290 g/mol. The first kappa shape index (κ1) is 18.3. The van der Waals surface area contributed by atoms with Crippen LogP contribution in [0.3, 0.4) is 0 Å². The summed E-state index contributed by atoms with van der Waals surface area (Å²) in [5.74, 6) is 0. The van der Waals surface area contributed by atoms with Crippen molar-refractivity contribution in [2.75, 3.05) is 6.61 Å². The molecule has 6 nitrogen and oxygen atoms in total. The molecule has 0 radical (unpaired) electrons. The molecule has 0 aromatic rings. The van der Waals surface area contributed by atoms with Crippen molar-refractivity contribution in [3.05, 3.63) is 9.81 Å². The van der Waals surface area contributed by atoms with E-state index in [1.165, 1.54) is 0 Å². The van der Waals surface area contributed by atoms with Crippen molar-refractivity contribution in [3.63, 3.8) is 0 Å². The third-order valence-electron chi connectivity index (χ3n) is 2.96. The van der Waals surface area contributed by atoms with E-state index in [1.807, 2.05) is 13.5 Å².